The number of hydrogen-bond acceptors (Lipinski definition) is 6. The summed E-state index contributed by atoms with van der Waals surface area (Å²) in [5.74, 6) is 0.306. The zero-order chi connectivity index (χ0) is 21.3. The van der Waals surface area contributed by atoms with Gasteiger partial charge in [-0.25, -0.2) is 0 Å². The number of hydrogen-bond donors (Lipinski definition) is 1. The average molecular weight is 425 g/mol. The molecular weight excluding hydrogens is 404 g/mol. The van der Waals surface area contributed by atoms with Crippen molar-refractivity contribution in [3.63, 3.8) is 0 Å². The number of ether oxygens (including phenoxy) is 1. The van der Waals surface area contributed by atoms with E-state index in [-0.39, 0.29) is 24.5 Å². The number of carbonyl (C=O) groups is 2. The van der Waals surface area contributed by atoms with Crippen LogP contribution in [0.5, 0.6) is 5.75 Å². The van der Waals surface area contributed by atoms with E-state index in [9.17, 15) is 14.9 Å². The van der Waals surface area contributed by atoms with E-state index in [1.165, 1.54) is 0 Å². The van der Waals surface area contributed by atoms with Crippen molar-refractivity contribution in [2.24, 2.45) is 0 Å². The molecule has 0 aromatic heterocycles. The molecular formula is C22H21ClN4O3. The SMILES string of the molecule is C[C@@H]1CN(c2ccc(Cl)c(C#N)c2)CCN1C(=O)CNc1ccc2c(c1)OC(=O)C2. The summed E-state index contributed by atoms with van der Waals surface area (Å²) in [5, 5.41) is 12.8. The Kier molecular flexibility index (Phi) is 5.51. The Bertz CT molecular complexity index is 1050. The van der Waals surface area contributed by atoms with E-state index in [1.54, 1.807) is 18.2 Å². The van der Waals surface area contributed by atoms with Crippen LogP contribution in [0, 0.1) is 11.3 Å². The highest BCUT2D eigenvalue weighted by atomic mass is 35.5. The summed E-state index contributed by atoms with van der Waals surface area (Å²) in [4.78, 5) is 28.1. The first-order chi connectivity index (χ1) is 14.4. The van der Waals surface area contributed by atoms with Crippen LogP contribution in [0.3, 0.4) is 0 Å². The Hall–Kier alpha value is -3.24. The van der Waals surface area contributed by atoms with Gasteiger partial charge in [0.25, 0.3) is 0 Å². The molecule has 0 bridgehead atoms. The molecule has 154 valence electrons. The largest absolute Gasteiger partial charge is 0.426 e. The van der Waals surface area contributed by atoms with Gasteiger partial charge < -0.3 is 19.9 Å². The second-order valence-corrected chi connectivity index (χ2v) is 7.89. The van der Waals surface area contributed by atoms with Crippen LogP contribution in [0.1, 0.15) is 18.1 Å². The van der Waals surface area contributed by atoms with Crippen LogP contribution in [0.25, 0.3) is 0 Å². The molecule has 0 saturated carbocycles. The molecule has 0 radical (unpaired) electrons. The maximum atomic E-state index is 12.8. The van der Waals surface area contributed by atoms with Gasteiger partial charge in [-0.2, -0.15) is 5.26 Å². The zero-order valence-electron chi connectivity index (χ0n) is 16.5. The van der Waals surface area contributed by atoms with Crippen LogP contribution in [-0.4, -0.2) is 49.0 Å². The van der Waals surface area contributed by atoms with Crippen LogP contribution >= 0.6 is 11.6 Å². The maximum Gasteiger partial charge on any atom is 0.315 e. The van der Waals surface area contributed by atoms with Crippen molar-refractivity contribution >= 4 is 34.9 Å². The highest BCUT2D eigenvalue weighted by Crippen LogP contribution is 2.29. The van der Waals surface area contributed by atoms with Gasteiger partial charge in [0.2, 0.25) is 5.91 Å². The number of fused-ring (bicyclic) bond motifs is 1. The molecule has 1 atom stereocenters. The number of carbonyl (C=O) groups excluding carboxylic acids is 2. The number of esters is 1. The van der Waals surface area contributed by atoms with Crippen molar-refractivity contribution < 1.29 is 14.3 Å². The van der Waals surface area contributed by atoms with Gasteiger partial charge in [-0.05, 0) is 31.2 Å². The lowest BCUT2D eigenvalue weighted by molar-refractivity contribution is -0.132. The summed E-state index contributed by atoms with van der Waals surface area (Å²) in [6.45, 7) is 4.12. The third-order valence-electron chi connectivity index (χ3n) is 5.45. The van der Waals surface area contributed by atoms with Crippen molar-refractivity contribution in [1.82, 2.24) is 4.90 Å². The molecule has 0 aliphatic carbocycles. The maximum absolute atomic E-state index is 12.8. The number of amides is 1. The van der Waals surface area contributed by atoms with Crippen LogP contribution in [0.15, 0.2) is 36.4 Å². The Morgan fingerprint density at radius 1 is 1.30 bits per heavy atom. The second-order valence-electron chi connectivity index (χ2n) is 7.49. The first-order valence-corrected chi connectivity index (χ1v) is 10.1. The fraction of sp³-hybridized carbons (Fsp3) is 0.318. The second kappa shape index (κ2) is 8.25. The van der Waals surface area contributed by atoms with E-state index in [4.69, 9.17) is 16.3 Å². The summed E-state index contributed by atoms with van der Waals surface area (Å²) in [5.41, 5.74) is 2.99. The van der Waals surface area contributed by atoms with Crippen molar-refractivity contribution in [3.8, 4) is 11.8 Å². The monoisotopic (exact) mass is 424 g/mol. The van der Waals surface area contributed by atoms with Crippen LogP contribution in [0.2, 0.25) is 5.02 Å². The summed E-state index contributed by atoms with van der Waals surface area (Å²) in [6, 6.07) is 13.0. The van der Waals surface area contributed by atoms with E-state index in [2.05, 4.69) is 16.3 Å². The Labute approximate surface area is 179 Å². The van der Waals surface area contributed by atoms with Gasteiger partial charge in [-0.15, -0.1) is 0 Å². The van der Waals surface area contributed by atoms with Gasteiger partial charge in [-0.3, -0.25) is 9.59 Å². The number of anilines is 2. The first kappa shape index (κ1) is 20.0. The van der Waals surface area contributed by atoms with Crippen molar-refractivity contribution in [2.75, 3.05) is 36.4 Å². The zero-order valence-corrected chi connectivity index (χ0v) is 17.3. The molecule has 0 unspecified atom stereocenters. The normalized spacial score (nSPS) is 17.9. The smallest absolute Gasteiger partial charge is 0.315 e. The highest BCUT2D eigenvalue weighted by Gasteiger charge is 2.28. The molecule has 2 aliphatic heterocycles. The van der Waals surface area contributed by atoms with Gasteiger partial charge in [0.1, 0.15) is 11.8 Å². The molecule has 1 saturated heterocycles. The summed E-state index contributed by atoms with van der Waals surface area (Å²) in [7, 11) is 0. The molecule has 1 N–H and O–H groups in total. The first-order valence-electron chi connectivity index (χ1n) is 9.76. The average Bonchev–Trinajstić information content (AvgIpc) is 3.11. The molecule has 0 spiro atoms. The van der Waals surface area contributed by atoms with Gasteiger partial charge >= 0.3 is 5.97 Å². The van der Waals surface area contributed by atoms with Crippen molar-refractivity contribution in [2.45, 2.75) is 19.4 Å². The minimum absolute atomic E-state index is 0.00784. The molecule has 30 heavy (non-hydrogen) atoms. The third-order valence-corrected chi connectivity index (χ3v) is 5.78. The lowest BCUT2D eigenvalue weighted by Crippen LogP contribution is -2.55. The predicted octanol–water partition coefficient (Wildman–Crippen LogP) is 2.82. The Morgan fingerprint density at radius 3 is 2.90 bits per heavy atom. The quantitative estimate of drug-likeness (QED) is 0.600. The van der Waals surface area contributed by atoms with Gasteiger partial charge in [-0.1, -0.05) is 17.7 Å². The van der Waals surface area contributed by atoms with Crippen molar-refractivity contribution in [1.29, 1.82) is 5.26 Å². The summed E-state index contributed by atoms with van der Waals surface area (Å²) >= 11 is 6.03. The van der Waals surface area contributed by atoms with Gasteiger partial charge in [0.05, 0.1) is 23.6 Å². The van der Waals surface area contributed by atoms with Crippen LogP contribution < -0.4 is 15.0 Å². The molecule has 2 aliphatic rings. The predicted molar refractivity (Wildman–Crippen MR) is 114 cm³/mol. The Balaban J connectivity index is 1.35. The molecule has 1 amide bonds. The number of nitrogens with one attached hydrogen (secondary N) is 1. The molecule has 8 heteroatoms. The summed E-state index contributed by atoms with van der Waals surface area (Å²) < 4.78 is 5.16. The fourth-order valence-corrected chi connectivity index (χ4v) is 4.02. The van der Waals surface area contributed by atoms with Crippen molar-refractivity contribution in [3.05, 3.63) is 52.5 Å². The van der Waals surface area contributed by atoms with Crippen LogP contribution in [-0.2, 0) is 16.0 Å². The van der Waals surface area contributed by atoms with Crippen LogP contribution in [0.4, 0.5) is 11.4 Å². The fourth-order valence-electron chi connectivity index (χ4n) is 3.86. The number of piperazine rings is 1. The van der Waals surface area contributed by atoms with Gasteiger partial charge in [0, 0.05) is 48.7 Å². The summed E-state index contributed by atoms with van der Waals surface area (Å²) in [6.07, 6.45) is 0.291. The topological polar surface area (TPSA) is 85.7 Å². The number of nitrogens with zero attached hydrogens (tertiary/aromatic N) is 3. The lowest BCUT2D eigenvalue weighted by atomic mass is 10.1. The minimum atomic E-state index is -0.257. The standard InChI is InChI=1S/C22H21ClN4O3/c1-14-13-26(18-4-5-19(23)16(8-18)11-24)6-7-27(14)21(28)12-25-17-3-2-15-9-22(29)30-20(15)10-17/h2-5,8,10,14,25H,6-7,9,12-13H2,1H3/t14-/m1/s1. The number of nitriles is 1. The Morgan fingerprint density at radius 2 is 2.13 bits per heavy atom. The molecule has 1 fully saturated rings. The number of benzene rings is 2. The van der Waals surface area contributed by atoms with E-state index in [0.717, 1.165) is 16.9 Å². The van der Waals surface area contributed by atoms with E-state index in [1.807, 2.05) is 30.0 Å². The molecule has 2 heterocycles. The molecule has 2 aromatic rings. The highest BCUT2D eigenvalue weighted by molar-refractivity contribution is 6.31. The van der Waals surface area contributed by atoms with E-state index >= 15 is 0 Å². The van der Waals surface area contributed by atoms with E-state index < -0.39 is 0 Å². The van der Waals surface area contributed by atoms with Gasteiger partial charge in [0.15, 0.2) is 0 Å². The number of halogens is 1. The molecule has 4 rings (SSSR count). The molecule has 2 aromatic carbocycles. The third kappa shape index (κ3) is 4.05. The van der Waals surface area contributed by atoms with E-state index in [0.29, 0.717) is 42.4 Å². The molecule has 7 nitrogen and oxygen atoms in total. The number of rotatable bonds is 4. The lowest BCUT2D eigenvalue weighted by Gasteiger charge is -2.41. The minimum Gasteiger partial charge on any atom is -0.426 e.